The molecule has 0 aromatic heterocycles. The number of aliphatic hydroxyl groups is 2. The second-order valence-electron chi connectivity index (χ2n) is 26.7. The van der Waals surface area contributed by atoms with Crippen LogP contribution in [0, 0.1) is 0 Å². The van der Waals surface area contributed by atoms with Gasteiger partial charge in [0, 0.05) is 12.8 Å². The predicted octanol–water partition coefficient (Wildman–Crippen LogP) is 25.1. The van der Waals surface area contributed by atoms with Crippen molar-refractivity contribution in [1.82, 2.24) is 5.32 Å². The number of hydrogen-bond donors (Lipinski definition) is 3. The van der Waals surface area contributed by atoms with E-state index in [0.29, 0.717) is 19.4 Å². The lowest BCUT2D eigenvalue weighted by Gasteiger charge is -2.20. The molecule has 2 unspecified atom stereocenters. The van der Waals surface area contributed by atoms with Crippen molar-refractivity contribution in [2.24, 2.45) is 0 Å². The topological polar surface area (TPSA) is 95.9 Å². The molecular formula is C77H151NO5. The van der Waals surface area contributed by atoms with E-state index in [1.54, 1.807) is 6.08 Å². The Morgan fingerprint density at radius 2 is 0.554 bits per heavy atom. The summed E-state index contributed by atoms with van der Waals surface area (Å²) in [6.07, 6.45) is 92.1. The van der Waals surface area contributed by atoms with Gasteiger partial charge in [-0.2, -0.15) is 0 Å². The number of ether oxygens (including phenoxy) is 1. The van der Waals surface area contributed by atoms with Crippen molar-refractivity contribution < 1.29 is 24.5 Å². The van der Waals surface area contributed by atoms with Crippen LogP contribution in [0.1, 0.15) is 444 Å². The molecule has 0 aliphatic rings. The molecule has 0 radical (unpaired) electrons. The third kappa shape index (κ3) is 69.6. The highest BCUT2D eigenvalue weighted by molar-refractivity contribution is 5.76. The Hall–Kier alpha value is -1.40. The van der Waals surface area contributed by atoms with Gasteiger partial charge < -0.3 is 20.3 Å². The zero-order chi connectivity index (χ0) is 59.9. The lowest BCUT2D eigenvalue weighted by atomic mass is 10.0. The summed E-state index contributed by atoms with van der Waals surface area (Å²) < 4.78 is 5.52. The number of carbonyl (C=O) groups excluding carboxylic acids is 2. The van der Waals surface area contributed by atoms with Gasteiger partial charge in [0.2, 0.25) is 5.91 Å². The molecule has 0 saturated heterocycles. The second-order valence-corrected chi connectivity index (χ2v) is 26.7. The standard InChI is InChI=1S/C77H151NO5/c1-3-5-7-9-11-13-15-16-17-18-38-42-45-48-51-55-59-63-67-71-77(82)83-72-68-64-60-56-52-49-46-43-40-37-35-33-31-29-27-25-23-21-19-20-22-24-26-28-30-32-34-36-39-41-44-47-50-54-58-62-66-70-76(81)78-74(73-79)75(80)69-65-61-57-53-14-12-10-8-6-4-2/h65,69,74-75,79-80H,3-64,66-68,70-73H2,1-2H3,(H,78,81)/b69-65+. The van der Waals surface area contributed by atoms with Gasteiger partial charge in [0.05, 0.1) is 25.4 Å². The Bertz CT molecular complexity index is 1260. The van der Waals surface area contributed by atoms with Gasteiger partial charge in [-0.15, -0.1) is 0 Å². The number of aliphatic hydroxyl groups excluding tert-OH is 2. The Morgan fingerprint density at radius 3 is 0.819 bits per heavy atom. The summed E-state index contributed by atoms with van der Waals surface area (Å²) in [6.45, 7) is 4.93. The summed E-state index contributed by atoms with van der Waals surface area (Å²) in [7, 11) is 0. The van der Waals surface area contributed by atoms with Gasteiger partial charge in [-0.05, 0) is 32.1 Å². The Balaban J connectivity index is 3.26. The van der Waals surface area contributed by atoms with Gasteiger partial charge in [0.25, 0.3) is 0 Å². The molecule has 0 aromatic rings. The van der Waals surface area contributed by atoms with Crippen molar-refractivity contribution in [3.05, 3.63) is 12.2 Å². The molecule has 0 spiro atoms. The molecule has 3 N–H and O–H groups in total. The fourth-order valence-corrected chi connectivity index (χ4v) is 12.5. The van der Waals surface area contributed by atoms with Crippen molar-refractivity contribution in [2.75, 3.05) is 13.2 Å². The fourth-order valence-electron chi connectivity index (χ4n) is 12.5. The van der Waals surface area contributed by atoms with Gasteiger partial charge in [0.15, 0.2) is 0 Å². The van der Waals surface area contributed by atoms with Crippen LogP contribution >= 0.6 is 0 Å². The van der Waals surface area contributed by atoms with E-state index in [1.807, 2.05) is 6.08 Å². The lowest BCUT2D eigenvalue weighted by Crippen LogP contribution is -2.45. The number of hydrogen-bond acceptors (Lipinski definition) is 5. The minimum absolute atomic E-state index is 0.0290. The summed E-state index contributed by atoms with van der Waals surface area (Å²) in [5.41, 5.74) is 0. The third-order valence-corrected chi connectivity index (χ3v) is 18.3. The number of nitrogens with one attached hydrogen (secondary N) is 1. The molecule has 2 atom stereocenters. The molecule has 83 heavy (non-hydrogen) atoms. The first-order valence-electron chi connectivity index (χ1n) is 38.5. The number of amides is 1. The minimum atomic E-state index is -0.838. The molecule has 0 saturated carbocycles. The van der Waals surface area contributed by atoms with E-state index >= 15 is 0 Å². The highest BCUT2D eigenvalue weighted by Gasteiger charge is 2.18. The maximum atomic E-state index is 12.4. The number of carbonyl (C=O) groups is 2. The maximum absolute atomic E-state index is 12.4. The van der Waals surface area contributed by atoms with Crippen molar-refractivity contribution in [2.45, 2.75) is 456 Å². The molecule has 6 nitrogen and oxygen atoms in total. The maximum Gasteiger partial charge on any atom is 0.305 e. The normalized spacial score (nSPS) is 12.5. The molecule has 0 fully saturated rings. The molecule has 6 heteroatoms. The highest BCUT2D eigenvalue weighted by atomic mass is 16.5. The molecular weight excluding hydrogens is 1020 g/mol. The van der Waals surface area contributed by atoms with E-state index in [9.17, 15) is 19.8 Å². The monoisotopic (exact) mass is 1170 g/mol. The smallest absolute Gasteiger partial charge is 0.305 e. The van der Waals surface area contributed by atoms with Crippen molar-refractivity contribution in [1.29, 1.82) is 0 Å². The first kappa shape index (κ1) is 81.6. The summed E-state index contributed by atoms with van der Waals surface area (Å²) in [4.78, 5) is 24.6. The van der Waals surface area contributed by atoms with Crippen LogP contribution in [0.25, 0.3) is 0 Å². The van der Waals surface area contributed by atoms with E-state index in [2.05, 4.69) is 19.2 Å². The van der Waals surface area contributed by atoms with Gasteiger partial charge in [-0.3, -0.25) is 9.59 Å². The third-order valence-electron chi connectivity index (χ3n) is 18.3. The summed E-state index contributed by atoms with van der Waals surface area (Å²) in [5.74, 6) is -0.0329. The zero-order valence-corrected chi connectivity index (χ0v) is 56.7. The van der Waals surface area contributed by atoms with E-state index < -0.39 is 12.1 Å². The predicted molar refractivity (Wildman–Crippen MR) is 366 cm³/mol. The SMILES string of the molecule is CCCCCCCCCC/C=C/C(O)C(CO)NC(=O)CCCCCCCCCCCCCCCCCCCCCCCCCCCCCCCCCCCCCCCOC(=O)CCCCCCCCCCCCCCCCCCCCC. The van der Waals surface area contributed by atoms with Crippen LogP contribution in [0.2, 0.25) is 0 Å². The van der Waals surface area contributed by atoms with Crippen molar-refractivity contribution >= 4 is 11.9 Å². The van der Waals surface area contributed by atoms with Crippen LogP contribution in [0.15, 0.2) is 12.2 Å². The van der Waals surface area contributed by atoms with Crippen LogP contribution in [0.3, 0.4) is 0 Å². The average Bonchev–Trinajstić information content (AvgIpc) is 3.48. The summed E-state index contributed by atoms with van der Waals surface area (Å²) >= 11 is 0. The van der Waals surface area contributed by atoms with E-state index in [1.165, 1.54) is 379 Å². The zero-order valence-electron chi connectivity index (χ0n) is 56.7. The van der Waals surface area contributed by atoms with Gasteiger partial charge in [0.1, 0.15) is 0 Å². The molecule has 0 rings (SSSR count). The van der Waals surface area contributed by atoms with Gasteiger partial charge in [-0.1, -0.05) is 411 Å². The first-order chi connectivity index (χ1) is 41.0. The highest BCUT2D eigenvalue weighted by Crippen LogP contribution is 2.20. The molecule has 0 aliphatic heterocycles. The quantitative estimate of drug-likeness (QED) is 0.0320. The van der Waals surface area contributed by atoms with Crippen molar-refractivity contribution in [3.8, 4) is 0 Å². The van der Waals surface area contributed by atoms with Crippen LogP contribution in [0.5, 0.6) is 0 Å². The van der Waals surface area contributed by atoms with Crippen LogP contribution in [-0.2, 0) is 14.3 Å². The summed E-state index contributed by atoms with van der Waals surface area (Å²) in [6, 6.07) is -0.621. The van der Waals surface area contributed by atoms with Crippen LogP contribution < -0.4 is 5.32 Å². The Kier molecular flexibility index (Phi) is 71.8. The lowest BCUT2D eigenvalue weighted by molar-refractivity contribution is -0.143. The average molecular weight is 1170 g/mol. The van der Waals surface area contributed by atoms with Crippen molar-refractivity contribution in [3.63, 3.8) is 0 Å². The number of allylic oxidation sites excluding steroid dienone is 1. The van der Waals surface area contributed by atoms with Crippen LogP contribution in [-0.4, -0.2) is 47.4 Å². The van der Waals surface area contributed by atoms with E-state index in [0.717, 1.165) is 38.5 Å². The molecule has 494 valence electrons. The molecule has 0 aliphatic carbocycles. The minimum Gasteiger partial charge on any atom is -0.466 e. The number of rotatable bonds is 73. The number of unbranched alkanes of at least 4 members (excludes halogenated alkanes) is 62. The van der Waals surface area contributed by atoms with Crippen LogP contribution in [0.4, 0.5) is 0 Å². The number of esters is 1. The summed E-state index contributed by atoms with van der Waals surface area (Å²) in [5, 5.41) is 23.0. The van der Waals surface area contributed by atoms with Gasteiger partial charge >= 0.3 is 5.97 Å². The van der Waals surface area contributed by atoms with E-state index in [-0.39, 0.29) is 18.5 Å². The molecule has 0 heterocycles. The molecule has 1 amide bonds. The molecule has 0 bridgehead atoms. The first-order valence-corrected chi connectivity index (χ1v) is 38.5. The Labute approximate surface area is 520 Å². The van der Waals surface area contributed by atoms with E-state index in [4.69, 9.17) is 4.74 Å². The van der Waals surface area contributed by atoms with Gasteiger partial charge in [-0.25, -0.2) is 0 Å². The Morgan fingerprint density at radius 1 is 0.325 bits per heavy atom. The fraction of sp³-hybridized carbons (Fsp3) is 0.948. The second kappa shape index (κ2) is 73.1. The largest absolute Gasteiger partial charge is 0.466 e. The molecule has 0 aromatic carbocycles.